The first-order valence-electron chi connectivity index (χ1n) is 8.69. The Balaban J connectivity index is 1.56. The molecule has 2 fully saturated rings. The second-order valence-corrected chi connectivity index (χ2v) is 8.28. The highest BCUT2D eigenvalue weighted by Crippen LogP contribution is 2.55. The van der Waals surface area contributed by atoms with Gasteiger partial charge in [-0.1, -0.05) is 23.9 Å². The van der Waals surface area contributed by atoms with Crippen LogP contribution in [0, 0.1) is 5.41 Å². The van der Waals surface area contributed by atoms with E-state index in [1.807, 2.05) is 24.3 Å². The van der Waals surface area contributed by atoms with Crippen LogP contribution in [-0.2, 0) is 19.1 Å². The Morgan fingerprint density at radius 3 is 2.69 bits per heavy atom. The molecule has 0 bridgehead atoms. The maximum absolute atomic E-state index is 13.1. The van der Waals surface area contributed by atoms with E-state index < -0.39 is 16.3 Å². The number of carbonyl (C=O) groups is 3. The van der Waals surface area contributed by atoms with Gasteiger partial charge in [0.1, 0.15) is 0 Å². The third kappa shape index (κ3) is 2.51. The molecule has 1 atom stereocenters. The fourth-order valence-electron chi connectivity index (χ4n) is 3.91. The minimum Gasteiger partial charge on any atom is -0.481 e. The highest BCUT2D eigenvalue weighted by Gasteiger charge is 2.57. The summed E-state index contributed by atoms with van der Waals surface area (Å²) < 4.78 is 5.27. The lowest BCUT2D eigenvalue weighted by atomic mass is 9.80. The lowest BCUT2D eigenvalue weighted by Crippen LogP contribution is -2.55. The number of benzene rings is 1. The van der Waals surface area contributed by atoms with Crippen LogP contribution in [0.3, 0.4) is 0 Å². The molecular weight excluding hydrogens is 356 g/mol. The van der Waals surface area contributed by atoms with E-state index in [0.717, 1.165) is 10.6 Å². The second kappa shape index (κ2) is 6.28. The second-order valence-electron chi connectivity index (χ2n) is 6.96. The van der Waals surface area contributed by atoms with Crippen LogP contribution < -0.4 is 10.2 Å². The topological polar surface area (TPSA) is 95.9 Å². The number of carboxylic acids is 1. The molecule has 4 rings (SSSR count). The minimum atomic E-state index is -1.01. The first kappa shape index (κ1) is 17.4. The summed E-state index contributed by atoms with van der Waals surface area (Å²) >= 11 is 1.38. The van der Waals surface area contributed by atoms with Gasteiger partial charge < -0.3 is 15.2 Å². The Labute approximate surface area is 155 Å². The third-order valence-corrected chi connectivity index (χ3v) is 6.99. The fourth-order valence-corrected chi connectivity index (χ4v) is 5.35. The molecule has 1 unspecified atom stereocenters. The maximum atomic E-state index is 13.1. The molecular formula is C18H20N2O5S. The molecule has 0 radical (unpaired) electrons. The number of nitrogens with one attached hydrogen (secondary N) is 1. The predicted molar refractivity (Wildman–Crippen MR) is 94.9 cm³/mol. The molecule has 3 aliphatic heterocycles. The van der Waals surface area contributed by atoms with Gasteiger partial charge in [-0.2, -0.15) is 0 Å². The number of thioether (sulfide) groups is 1. The van der Waals surface area contributed by atoms with Crippen LogP contribution in [-0.4, -0.2) is 47.5 Å². The summed E-state index contributed by atoms with van der Waals surface area (Å²) in [7, 11) is 0. The summed E-state index contributed by atoms with van der Waals surface area (Å²) in [5.41, 5.74) is -0.247. The van der Waals surface area contributed by atoms with Gasteiger partial charge in [0.05, 0.1) is 11.1 Å². The number of anilines is 1. The lowest BCUT2D eigenvalue weighted by Gasteiger charge is -2.35. The predicted octanol–water partition coefficient (Wildman–Crippen LogP) is 1.61. The molecule has 0 aliphatic carbocycles. The van der Waals surface area contributed by atoms with E-state index in [0.29, 0.717) is 38.9 Å². The van der Waals surface area contributed by atoms with Crippen LogP contribution in [0.4, 0.5) is 5.69 Å². The quantitative estimate of drug-likeness (QED) is 0.829. The van der Waals surface area contributed by atoms with Gasteiger partial charge in [-0.25, -0.2) is 0 Å². The van der Waals surface area contributed by atoms with E-state index in [-0.39, 0.29) is 18.4 Å². The van der Waals surface area contributed by atoms with Crippen LogP contribution in [0.5, 0.6) is 0 Å². The molecule has 2 N–H and O–H groups in total. The highest BCUT2D eigenvalue weighted by molar-refractivity contribution is 8.02. The summed E-state index contributed by atoms with van der Waals surface area (Å²) in [4.78, 5) is 38.8. The number of hydrogen-bond donors (Lipinski definition) is 2. The molecule has 1 aromatic carbocycles. The number of aliphatic carboxylic acids is 1. The number of para-hydroxylation sites is 1. The molecule has 26 heavy (non-hydrogen) atoms. The molecule has 2 amide bonds. The van der Waals surface area contributed by atoms with E-state index >= 15 is 0 Å². The molecule has 0 saturated carbocycles. The van der Waals surface area contributed by atoms with Crippen molar-refractivity contribution in [3.8, 4) is 0 Å². The molecule has 0 aromatic heterocycles. The molecule has 2 saturated heterocycles. The first-order chi connectivity index (χ1) is 12.5. The van der Waals surface area contributed by atoms with Gasteiger partial charge in [-0.05, 0) is 31.4 Å². The van der Waals surface area contributed by atoms with Gasteiger partial charge in [-0.3, -0.25) is 19.3 Å². The van der Waals surface area contributed by atoms with E-state index in [1.54, 1.807) is 4.90 Å². The molecule has 3 aliphatic rings. The Kier molecular flexibility index (Phi) is 4.19. The number of ether oxygens (including phenoxy) is 1. The lowest BCUT2D eigenvalue weighted by molar-refractivity contribution is -0.154. The van der Waals surface area contributed by atoms with Crippen LogP contribution >= 0.6 is 11.8 Å². The summed E-state index contributed by atoms with van der Waals surface area (Å²) in [5.74, 6) is -1.28. The normalized spacial score (nSPS) is 26.3. The Morgan fingerprint density at radius 2 is 1.96 bits per heavy atom. The van der Waals surface area contributed by atoms with Gasteiger partial charge in [0.15, 0.2) is 4.87 Å². The van der Waals surface area contributed by atoms with Gasteiger partial charge in [-0.15, -0.1) is 0 Å². The standard InChI is InChI=1S/C18H20N2O5S/c21-14-5-6-18(20(14)12-3-1-2-4-13(12)26-18)15(22)19-11-17(16(23)24)7-9-25-10-8-17/h1-4H,5-11H2,(H,19,22)(H,23,24). The van der Waals surface area contributed by atoms with Crippen molar-refractivity contribution in [1.82, 2.24) is 5.32 Å². The Morgan fingerprint density at radius 1 is 1.23 bits per heavy atom. The van der Waals surface area contributed by atoms with Gasteiger partial charge in [0, 0.05) is 31.1 Å². The zero-order valence-electron chi connectivity index (χ0n) is 14.2. The van der Waals surface area contributed by atoms with Crippen LogP contribution in [0.1, 0.15) is 25.7 Å². The van der Waals surface area contributed by atoms with E-state index in [4.69, 9.17) is 4.74 Å². The zero-order chi connectivity index (χ0) is 18.4. The SMILES string of the molecule is O=C1CCC2(C(=O)NCC3(C(=O)O)CCOCC3)Sc3ccccc3N12. The van der Waals surface area contributed by atoms with Crippen molar-refractivity contribution in [2.24, 2.45) is 5.41 Å². The summed E-state index contributed by atoms with van der Waals surface area (Å²) in [6.07, 6.45) is 1.46. The number of carboxylic acid groups (broad SMARTS) is 1. The van der Waals surface area contributed by atoms with Gasteiger partial charge in [0.2, 0.25) is 5.91 Å². The molecule has 138 valence electrons. The van der Waals surface area contributed by atoms with E-state index in [2.05, 4.69) is 5.32 Å². The van der Waals surface area contributed by atoms with Crippen molar-refractivity contribution >= 4 is 35.2 Å². The number of fused-ring (bicyclic) bond motifs is 3. The average Bonchev–Trinajstić information content (AvgIpc) is 3.16. The van der Waals surface area contributed by atoms with Crippen LogP contribution in [0.2, 0.25) is 0 Å². The summed E-state index contributed by atoms with van der Waals surface area (Å²) in [5, 5.41) is 12.5. The maximum Gasteiger partial charge on any atom is 0.311 e. The smallest absolute Gasteiger partial charge is 0.311 e. The monoisotopic (exact) mass is 376 g/mol. The molecule has 7 nitrogen and oxygen atoms in total. The Hall–Kier alpha value is -2.06. The molecule has 1 aromatic rings. The van der Waals surface area contributed by atoms with E-state index in [9.17, 15) is 19.5 Å². The van der Waals surface area contributed by atoms with Crippen molar-refractivity contribution in [3.63, 3.8) is 0 Å². The van der Waals surface area contributed by atoms with Crippen LogP contribution in [0.25, 0.3) is 0 Å². The van der Waals surface area contributed by atoms with Crippen molar-refractivity contribution in [1.29, 1.82) is 0 Å². The minimum absolute atomic E-state index is 0.0468. The van der Waals surface area contributed by atoms with Gasteiger partial charge in [0.25, 0.3) is 5.91 Å². The number of carbonyl (C=O) groups excluding carboxylic acids is 2. The molecule has 3 heterocycles. The third-order valence-electron chi connectivity index (χ3n) is 5.52. The Bertz CT molecular complexity index is 777. The van der Waals surface area contributed by atoms with Crippen LogP contribution in [0.15, 0.2) is 29.2 Å². The number of amides is 2. The molecule has 0 spiro atoms. The summed E-state index contributed by atoms with van der Waals surface area (Å²) in [6, 6.07) is 7.47. The molecule has 8 heteroatoms. The van der Waals surface area contributed by atoms with Crippen molar-refractivity contribution < 1.29 is 24.2 Å². The highest BCUT2D eigenvalue weighted by atomic mass is 32.2. The number of hydrogen-bond acceptors (Lipinski definition) is 5. The average molecular weight is 376 g/mol. The van der Waals surface area contributed by atoms with Crippen molar-refractivity contribution in [2.75, 3.05) is 24.7 Å². The largest absolute Gasteiger partial charge is 0.481 e. The van der Waals surface area contributed by atoms with Gasteiger partial charge >= 0.3 is 5.97 Å². The van der Waals surface area contributed by atoms with E-state index in [1.165, 1.54) is 11.8 Å². The first-order valence-corrected chi connectivity index (χ1v) is 9.51. The number of nitrogens with zero attached hydrogens (tertiary/aromatic N) is 1. The number of rotatable bonds is 4. The van der Waals surface area contributed by atoms with Crippen molar-refractivity contribution in [2.45, 2.75) is 35.4 Å². The summed E-state index contributed by atoms with van der Waals surface area (Å²) in [6.45, 7) is 0.793. The van der Waals surface area contributed by atoms with Crippen molar-refractivity contribution in [3.05, 3.63) is 24.3 Å². The fraction of sp³-hybridized carbons (Fsp3) is 0.500. The zero-order valence-corrected chi connectivity index (χ0v) is 15.0.